The molecule has 0 fully saturated rings. The maximum atomic E-state index is 11.8. The Labute approximate surface area is 135 Å². The fraction of sp³-hybridized carbons (Fsp3) is 0. The van der Waals surface area contributed by atoms with Gasteiger partial charge in [0.05, 0.1) is 0 Å². The van der Waals surface area contributed by atoms with Crippen molar-refractivity contribution < 1.29 is 9.53 Å². The first-order valence-corrected chi connectivity index (χ1v) is 7.29. The molecular weight excluding hydrogens is 286 g/mol. The van der Waals surface area contributed by atoms with Gasteiger partial charge in [-0.1, -0.05) is 72.8 Å². The average Bonchev–Trinajstić information content (AvgIpc) is 2.95. The lowest BCUT2D eigenvalue weighted by molar-refractivity contribution is -0.129. The van der Waals surface area contributed by atoms with Gasteiger partial charge in [-0.15, -0.1) is 0 Å². The van der Waals surface area contributed by atoms with Gasteiger partial charge in [0, 0.05) is 6.08 Å². The van der Waals surface area contributed by atoms with E-state index in [1.807, 2.05) is 72.8 Å². The maximum Gasteiger partial charge on any atom is 0.363 e. The summed E-state index contributed by atoms with van der Waals surface area (Å²) in [7, 11) is 0. The monoisotopic (exact) mass is 301 g/mol. The van der Waals surface area contributed by atoms with E-state index in [4.69, 9.17) is 4.74 Å². The quantitative estimate of drug-likeness (QED) is 0.625. The van der Waals surface area contributed by atoms with E-state index in [0.717, 1.165) is 11.1 Å². The molecule has 0 amide bonds. The third kappa shape index (κ3) is 4.14. The zero-order chi connectivity index (χ0) is 15.9. The van der Waals surface area contributed by atoms with Crippen molar-refractivity contribution >= 4 is 24.0 Å². The molecule has 0 spiro atoms. The lowest BCUT2D eigenvalue weighted by Gasteiger charge is -1.92. The second-order valence-electron chi connectivity index (χ2n) is 4.91. The normalized spacial score (nSPS) is 16.3. The summed E-state index contributed by atoms with van der Waals surface area (Å²) in [4.78, 5) is 15.9. The van der Waals surface area contributed by atoms with Crippen molar-refractivity contribution in [3.8, 4) is 0 Å². The van der Waals surface area contributed by atoms with Gasteiger partial charge in [-0.05, 0) is 23.3 Å². The molecule has 0 radical (unpaired) electrons. The zero-order valence-electron chi connectivity index (χ0n) is 12.4. The van der Waals surface area contributed by atoms with Crippen LogP contribution in [0.25, 0.3) is 12.2 Å². The Kier molecular flexibility index (Phi) is 4.60. The Morgan fingerprint density at radius 1 is 0.783 bits per heavy atom. The Bertz CT molecular complexity index is 800. The summed E-state index contributed by atoms with van der Waals surface area (Å²) in [5, 5.41) is 0. The second-order valence-corrected chi connectivity index (χ2v) is 4.91. The lowest BCUT2D eigenvalue weighted by atomic mass is 10.2. The van der Waals surface area contributed by atoms with E-state index in [9.17, 15) is 4.79 Å². The second kappa shape index (κ2) is 7.18. The predicted octanol–water partition coefficient (Wildman–Crippen LogP) is 4.25. The fourth-order valence-corrected chi connectivity index (χ4v) is 2.06. The van der Waals surface area contributed by atoms with Gasteiger partial charge in [0.1, 0.15) is 0 Å². The number of cyclic esters (lactones) is 1. The molecule has 0 atom stereocenters. The number of rotatable bonds is 4. The Balaban J connectivity index is 1.70. The van der Waals surface area contributed by atoms with Gasteiger partial charge >= 0.3 is 5.97 Å². The number of hydrogen-bond donors (Lipinski definition) is 0. The van der Waals surface area contributed by atoms with Crippen LogP contribution >= 0.6 is 0 Å². The van der Waals surface area contributed by atoms with Crippen LogP contribution in [0.5, 0.6) is 0 Å². The standard InChI is InChI=1S/C20H15NO2/c22-20-18(13-7-12-16-8-3-1-4-9-16)21-19(23-20)15-14-17-10-5-2-6-11-17/h1-15H/b12-7-,15-14-,18-13+. The van der Waals surface area contributed by atoms with E-state index >= 15 is 0 Å². The summed E-state index contributed by atoms with van der Waals surface area (Å²) >= 11 is 0. The number of carbonyl (C=O) groups is 1. The molecule has 0 N–H and O–H groups in total. The maximum absolute atomic E-state index is 11.8. The summed E-state index contributed by atoms with van der Waals surface area (Å²) < 4.78 is 5.12. The highest BCUT2D eigenvalue weighted by Gasteiger charge is 2.20. The molecule has 3 heteroatoms. The highest BCUT2D eigenvalue weighted by Crippen LogP contribution is 2.13. The minimum Gasteiger partial charge on any atom is -0.403 e. The molecule has 1 aliphatic heterocycles. The number of ether oxygens (including phenoxy) is 1. The Hall–Kier alpha value is -3.20. The number of esters is 1. The fourth-order valence-electron chi connectivity index (χ4n) is 2.06. The molecule has 0 saturated carbocycles. The number of nitrogens with zero attached hydrogens (tertiary/aromatic N) is 1. The third-order valence-electron chi connectivity index (χ3n) is 3.20. The van der Waals surface area contributed by atoms with Crippen molar-refractivity contribution in [3.05, 3.63) is 95.7 Å². The first-order chi connectivity index (χ1) is 11.3. The van der Waals surface area contributed by atoms with Crippen molar-refractivity contribution in [2.24, 2.45) is 4.99 Å². The summed E-state index contributed by atoms with van der Waals surface area (Å²) in [5.74, 6) is -0.131. The van der Waals surface area contributed by atoms with Gasteiger partial charge in [0.25, 0.3) is 0 Å². The van der Waals surface area contributed by atoms with Crippen molar-refractivity contribution in [2.45, 2.75) is 0 Å². The van der Waals surface area contributed by atoms with Crippen LogP contribution in [0.1, 0.15) is 11.1 Å². The van der Waals surface area contributed by atoms with Gasteiger partial charge in [0.2, 0.25) is 5.90 Å². The molecule has 2 aromatic rings. The van der Waals surface area contributed by atoms with Crippen molar-refractivity contribution in [1.29, 1.82) is 0 Å². The molecule has 0 unspecified atom stereocenters. The third-order valence-corrected chi connectivity index (χ3v) is 3.20. The highest BCUT2D eigenvalue weighted by atomic mass is 16.6. The summed E-state index contributed by atoms with van der Waals surface area (Å²) in [6, 6.07) is 19.6. The van der Waals surface area contributed by atoms with Crippen molar-refractivity contribution in [2.75, 3.05) is 0 Å². The molecule has 112 valence electrons. The van der Waals surface area contributed by atoms with E-state index in [2.05, 4.69) is 4.99 Å². The van der Waals surface area contributed by atoms with Crippen LogP contribution < -0.4 is 0 Å². The molecule has 3 rings (SSSR count). The van der Waals surface area contributed by atoms with Crippen LogP contribution in [0.3, 0.4) is 0 Å². The molecule has 0 aliphatic carbocycles. The number of hydrogen-bond acceptors (Lipinski definition) is 3. The molecule has 0 saturated heterocycles. The summed E-state index contributed by atoms with van der Waals surface area (Å²) in [6.07, 6.45) is 8.90. The van der Waals surface area contributed by atoms with Gasteiger partial charge < -0.3 is 4.74 Å². The zero-order valence-corrected chi connectivity index (χ0v) is 12.4. The van der Waals surface area contributed by atoms with Gasteiger partial charge in [0.15, 0.2) is 5.70 Å². The van der Waals surface area contributed by atoms with Crippen molar-refractivity contribution in [1.82, 2.24) is 0 Å². The van der Waals surface area contributed by atoms with Crippen molar-refractivity contribution in [3.63, 3.8) is 0 Å². The Morgan fingerprint density at radius 2 is 1.39 bits per heavy atom. The molecule has 0 aromatic heterocycles. The van der Waals surface area contributed by atoms with Gasteiger partial charge in [-0.2, -0.15) is 0 Å². The number of benzene rings is 2. The van der Waals surface area contributed by atoms with Crippen LogP contribution in [-0.4, -0.2) is 11.9 Å². The number of allylic oxidation sites excluding steroid dienone is 2. The first-order valence-electron chi connectivity index (χ1n) is 7.29. The number of aliphatic imine (C=N–C) groups is 1. The van der Waals surface area contributed by atoms with Crippen LogP contribution in [0.2, 0.25) is 0 Å². The molecule has 3 nitrogen and oxygen atoms in total. The Morgan fingerprint density at radius 3 is 2.04 bits per heavy atom. The van der Waals surface area contributed by atoms with E-state index in [0.29, 0.717) is 11.6 Å². The molecule has 1 heterocycles. The highest BCUT2D eigenvalue weighted by molar-refractivity contribution is 6.09. The summed E-state index contributed by atoms with van der Waals surface area (Å²) in [6.45, 7) is 0. The minimum absolute atomic E-state index is 0.296. The van der Waals surface area contributed by atoms with E-state index < -0.39 is 5.97 Å². The molecular formula is C20H15NO2. The minimum atomic E-state index is -0.435. The average molecular weight is 301 g/mol. The van der Waals surface area contributed by atoms with Crippen LogP contribution in [-0.2, 0) is 9.53 Å². The van der Waals surface area contributed by atoms with E-state index in [1.54, 1.807) is 18.2 Å². The molecule has 1 aliphatic rings. The topological polar surface area (TPSA) is 38.7 Å². The molecule has 2 aromatic carbocycles. The summed E-state index contributed by atoms with van der Waals surface area (Å²) in [5.41, 5.74) is 2.38. The smallest absolute Gasteiger partial charge is 0.363 e. The first kappa shape index (κ1) is 14.7. The van der Waals surface area contributed by atoms with E-state index in [-0.39, 0.29) is 0 Å². The largest absolute Gasteiger partial charge is 0.403 e. The van der Waals surface area contributed by atoms with E-state index in [1.165, 1.54) is 0 Å². The van der Waals surface area contributed by atoms with Gasteiger partial charge in [-0.3, -0.25) is 0 Å². The van der Waals surface area contributed by atoms with Crippen LogP contribution in [0.4, 0.5) is 0 Å². The number of carbonyl (C=O) groups excluding carboxylic acids is 1. The molecule has 0 bridgehead atoms. The van der Waals surface area contributed by atoms with Crippen LogP contribution in [0, 0.1) is 0 Å². The molecule has 23 heavy (non-hydrogen) atoms. The predicted molar refractivity (Wildman–Crippen MR) is 92.6 cm³/mol. The van der Waals surface area contributed by atoms with Gasteiger partial charge in [-0.25, -0.2) is 9.79 Å². The lowest BCUT2D eigenvalue weighted by Crippen LogP contribution is -2.00. The SMILES string of the molecule is O=C1OC(/C=C\c2ccccc2)=NC/1=C/C=C\c1ccccc1. The van der Waals surface area contributed by atoms with Crippen LogP contribution in [0.15, 0.2) is 89.6 Å².